The van der Waals surface area contributed by atoms with Gasteiger partial charge in [0.25, 0.3) is 11.8 Å². The van der Waals surface area contributed by atoms with E-state index in [-0.39, 0.29) is 36.5 Å². The first kappa shape index (κ1) is 31.0. The average Bonchev–Trinajstić information content (AvgIpc) is 3.51. The van der Waals surface area contributed by atoms with Crippen LogP contribution < -0.4 is 14.2 Å². The Hall–Kier alpha value is -5.03. The highest BCUT2D eigenvalue weighted by Gasteiger charge is 2.50. The van der Waals surface area contributed by atoms with Gasteiger partial charge in [-0.2, -0.15) is 0 Å². The van der Waals surface area contributed by atoms with Crippen molar-refractivity contribution < 1.29 is 47.8 Å². The number of carbonyl (C=O) groups excluding carboxylic acids is 5. The number of carbonyl (C=O) groups is 5. The van der Waals surface area contributed by atoms with Gasteiger partial charge in [-0.25, -0.2) is 4.79 Å². The topological polar surface area (TPSA) is 135 Å². The Labute approximate surface area is 265 Å². The van der Waals surface area contributed by atoms with Gasteiger partial charge in [0.15, 0.2) is 5.60 Å². The van der Waals surface area contributed by atoms with E-state index in [1.165, 1.54) is 6.07 Å². The van der Waals surface area contributed by atoms with Gasteiger partial charge in [-0.15, -0.1) is 5.06 Å². The molecule has 11 nitrogen and oxygen atoms in total. The van der Waals surface area contributed by atoms with E-state index >= 15 is 0 Å². The Morgan fingerprint density at radius 3 is 1.72 bits per heavy atom. The van der Waals surface area contributed by atoms with Crippen LogP contribution in [0.25, 0.3) is 0 Å². The molecule has 0 N–H and O–H groups in total. The van der Waals surface area contributed by atoms with Gasteiger partial charge in [0.05, 0.1) is 23.0 Å². The zero-order valence-corrected chi connectivity index (χ0v) is 26.3. The van der Waals surface area contributed by atoms with Crippen molar-refractivity contribution in [3.05, 3.63) is 82.4 Å². The average molecular weight is 628 g/mol. The molecule has 1 fully saturated rings. The summed E-state index contributed by atoms with van der Waals surface area (Å²) in [5, 5.41) is 0.507. The van der Waals surface area contributed by atoms with Gasteiger partial charge in [-0.3, -0.25) is 19.2 Å². The number of imide groups is 1. The fourth-order valence-corrected chi connectivity index (χ4v) is 5.35. The van der Waals surface area contributed by atoms with Crippen molar-refractivity contribution in [2.24, 2.45) is 10.8 Å². The van der Waals surface area contributed by atoms with E-state index in [1.54, 1.807) is 90.1 Å². The van der Waals surface area contributed by atoms with Crippen molar-refractivity contribution in [3.8, 4) is 23.0 Å². The quantitative estimate of drug-likeness (QED) is 0.200. The smallest absolute Gasteiger partial charge is 0.363 e. The molecular formula is C35H33NO10. The van der Waals surface area contributed by atoms with Crippen LogP contribution in [-0.2, 0) is 41.0 Å². The number of rotatable bonds is 4. The SMILES string of the molecule is CC(C)(C)C(=O)Oc1ccc2c(c1)Oc1cc(OC(=O)C(C)(C)C)ccc1C21OCc2cc(C(=O)ON3C(=O)CCC3=O)ccc21. The van der Waals surface area contributed by atoms with Crippen LogP contribution in [-0.4, -0.2) is 34.8 Å². The Morgan fingerprint density at radius 1 is 0.717 bits per heavy atom. The number of fused-ring (bicyclic) bond motifs is 6. The number of amides is 2. The number of hydrogen-bond donors (Lipinski definition) is 0. The van der Waals surface area contributed by atoms with Crippen molar-refractivity contribution in [2.75, 3.05) is 0 Å². The number of hydroxylamine groups is 2. The molecule has 46 heavy (non-hydrogen) atoms. The molecule has 0 saturated carbocycles. The zero-order valence-electron chi connectivity index (χ0n) is 26.3. The first-order valence-corrected chi connectivity index (χ1v) is 14.8. The van der Waals surface area contributed by atoms with Gasteiger partial charge in [0.2, 0.25) is 0 Å². The summed E-state index contributed by atoms with van der Waals surface area (Å²) in [5.74, 6) is -1.58. The number of hydrogen-bond acceptors (Lipinski definition) is 10. The Morgan fingerprint density at radius 2 is 1.22 bits per heavy atom. The molecule has 0 radical (unpaired) electrons. The summed E-state index contributed by atoms with van der Waals surface area (Å²) in [6.45, 7) is 10.6. The maximum Gasteiger partial charge on any atom is 0.363 e. The van der Waals surface area contributed by atoms with Gasteiger partial charge in [0.1, 0.15) is 23.0 Å². The molecule has 1 spiro atoms. The molecule has 2 amide bonds. The number of esters is 2. The number of nitrogens with zero attached hydrogens (tertiary/aromatic N) is 1. The summed E-state index contributed by atoms with van der Waals surface area (Å²) >= 11 is 0. The van der Waals surface area contributed by atoms with Crippen LogP contribution in [0.3, 0.4) is 0 Å². The van der Waals surface area contributed by atoms with E-state index in [4.69, 9.17) is 23.8 Å². The molecule has 0 bridgehead atoms. The normalized spacial score (nSPS) is 16.3. The van der Waals surface area contributed by atoms with E-state index in [0.717, 1.165) is 0 Å². The third-order valence-corrected chi connectivity index (χ3v) is 7.87. The van der Waals surface area contributed by atoms with Gasteiger partial charge in [-0.1, -0.05) is 6.07 Å². The molecule has 3 heterocycles. The fraction of sp³-hybridized carbons (Fsp3) is 0.343. The first-order chi connectivity index (χ1) is 21.6. The van der Waals surface area contributed by atoms with E-state index in [2.05, 4.69) is 0 Å². The van der Waals surface area contributed by atoms with Crippen molar-refractivity contribution in [3.63, 3.8) is 0 Å². The van der Waals surface area contributed by atoms with Crippen molar-refractivity contribution in [2.45, 2.75) is 66.6 Å². The second-order valence-corrected chi connectivity index (χ2v) is 13.5. The van der Waals surface area contributed by atoms with E-state index in [0.29, 0.717) is 38.8 Å². The molecule has 0 aromatic heterocycles. The van der Waals surface area contributed by atoms with Crippen molar-refractivity contribution in [1.29, 1.82) is 0 Å². The third-order valence-electron chi connectivity index (χ3n) is 7.87. The largest absolute Gasteiger partial charge is 0.456 e. The molecule has 1 saturated heterocycles. The minimum Gasteiger partial charge on any atom is -0.456 e. The summed E-state index contributed by atoms with van der Waals surface area (Å²) in [4.78, 5) is 67.3. The molecule has 6 rings (SSSR count). The van der Waals surface area contributed by atoms with Crippen LogP contribution in [0.4, 0.5) is 0 Å². The molecular weight excluding hydrogens is 594 g/mol. The van der Waals surface area contributed by atoms with Crippen LogP contribution in [0, 0.1) is 10.8 Å². The number of ether oxygens (including phenoxy) is 4. The lowest BCUT2D eigenvalue weighted by atomic mass is 9.77. The minimum atomic E-state index is -1.21. The molecule has 3 aliphatic heterocycles. The van der Waals surface area contributed by atoms with Crippen LogP contribution >= 0.6 is 0 Å². The highest BCUT2D eigenvalue weighted by atomic mass is 16.7. The molecule has 3 aromatic rings. The van der Waals surface area contributed by atoms with Gasteiger partial charge in [0, 0.05) is 36.1 Å². The lowest BCUT2D eigenvalue weighted by molar-refractivity contribution is -0.172. The van der Waals surface area contributed by atoms with E-state index in [9.17, 15) is 24.0 Å². The minimum absolute atomic E-state index is 0.0121. The molecule has 0 atom stereocenters. The highest BCUT2D eigenvalue weighted by Crippen LogP contribution is 2.57. The van der Waals surface area contributed by atoms with Crippen molar-refractivity contribution in [1.82, 2.24) is 5.06 Å². The maximum absolute atomic E-state index is 12.9. The van der Waals surface area contributed by atoms with Crippen LogP contribution in [0.15, 0.2) is 54.6 Å². The number of benzene rings is 3. The Balaban J connectivity index is 1.42. The summed E-state index contributed by atoms with van der Waals surface area (Å²) in [6, 6.07) is 14.9. The monoisotopic (exact) mass is 627 g/mol. The molecule has 11 heteroatoms. The van der Waals surface area contributed by atoms with Gasteiger partial charge < -0.3 is 23.8 Å². The zero-order chi connectivity index (χ0) is 33.2. The second-order valence-electron chi connectivity index (χ2n) is 13.5. The van der Waals surface area contributed by atoms with E-state index < -0.39 is 46.2 Å². The van der Waals surface area contributed by atoms with Gasteiger partial charge in [-0.05, 0) is 89.1 Å². The predicted molar refractivity (Wildman–Crippen MR) is 161 cm³/mol. The maximum atomic E-state index is 12.9. The molecule has 238 valence electrons. The lowest BCUT2D eigenvalue weighted by Crippen LogP contribution is -2.33. The Bertz CT molecular complexity index is 1730. The van der Waals surface area contributed by atoms with Crippen LogP contribution in [0.1, 0.15) is 87.0 Å². The third kappa shape index (κ3) is 5.30. The van der Waals surface area contributed by atoms with Crippen LogP contribution in [0.5, 0.6) is 23.0 Å². The Kier molecular flexibility index (Phi) is 7.27. The molecule has 3 aliphatic rings. The standard InChI is InChI=1S/C35H33NO10/c1-33(2,3)31(40)43-21-8-11-24-26(16-21)45-27-17-22(44-32(41)34(4,5)6)9-12-25(27)35(24)23-10-7-19(15-20(23)18-42-35)30(39)46-36-28(37)13-14-29(36)38/h7-12,15-17H,13-14,18H2,1-6H3. The summed E-state index contributed by atoms with van der Waals surface area (Å²) in [7, 11) is 0. The first-order valence-electron chi connectivity index (χ1n) is 14.8. The summed E-state index contributed by atoms with van der Waals surface area (Å²) < 4.78 is 24.2. The van der Waals surface area contributed by atoms with Crippen LogP contribution in [0.2, 0.25) is 0 Å². The van der Waals surface area contributed by atoms with E-state index in [1.807, 2.05) is 0 Å². The second kappa shape index (κ2) is 10.8. The molecule has 3 aromatic carbocycles. The molecule has 0 aliphatic carbocycles. The predicted octanol–water partition coefficient (Wildman–Crippen LogP) is 5.74. The van der Waals surface area contributed by atoms with Crippen molar-refractivity contribution >= 4 is 29.7 Å². The fourth-order valence-electron chi connectivity index (χ4n) is 5.35. The summed E-state index contributed by atoms with van der Waals surface area (Å²) in [6.07, 6.45) is -0.0242. The highest BCUT2D eigenvalue weighted by molar-refractivity contribution is 6.02. The summed E-state index contributed by atoms with van der Waals surface area (Å²) in [5.41, 5.74) is 0.0699. The lowest BCUT2D eigenvalue weighted by Gasteiger charge is -2.37. The molecule has 0 unspecified atom stereocenters. The van der Waals surface area contributed by atoms with Gasteiger partial charge >= 0.3 is 17.9 Å².